The van der Waals surface area contributed by atoms with Crippen molar-refractivity contribution in [2.75, 3.05) is 6.54 Å². The van der Waals surface area contributed by atoms with Crippen LogP contribution in [0.25, 0.3) is 0 Å². The Morgan fingerprint density at radius 3 is 2.09 bits per heavy atom. The van der Waals surface area contributed by atoms with E-state index in [1.165, 1.54) is 0 Å². The minimum atomic E-state index is -0.370. The third kappa shape index (κ3) is 3.73. The second kappa shape index (κ2) is 4.07. The van der Waals surface area contributed by atoms with Gasteiger partial charge in [0.1, 0.15) is 0 Å². The maximum absolute atomic E-state index is 9.51. The molecule has 2 heteroatoms. The quantitative estimate of drug-likeness (QED) is 0.651. The van der Waals surface area contributed by atoms with Gasteiger partial charge < -0.3 is 10.8 Å². The van der Waals surface area contributed by atoms with Crippen LogP contribution in [0.2, 0.25) is 0 Å². The molecule has 1 atom stereocenters. The maximum atomic E-state index is 9.51. The molecule has 0 amide bonds. The van der Waals surface area contributed by atoms with E-state index in [2.05, 4.69) is 27.7 Å². The lowest BCUT2D eigenvalue weighted by Crippen LogP contribution is -2.36. The summed E-state index contributed by atoms with van der Waals surface area (Å²) in [6, 6.07) is 0. The molecule has 11 heavy (non-hydrogen) atoms. The van der Waals surface area contributed by atoms with Gasteiger partial charge in [0.05, 0.1) is 6.10 Å². The van der Waals surface area contributed by atoms with Gasteiger partial charge in [0.15, 0.2) is 0 Å². The summed E-state index contributed by atoms with van der Waals surface area (Å²) in [5.41, 5.74) is 5.35. The van der Waals surface area contributed by atoms with E-state index < -0.39 is 0 Å². The Kier molecular flexibility index (Phi) is 4.04. The van der Waals surface area contributed by atoms with Crippen molar-refractivity contribution >= 4 is 0 Å². The summed E-state index contributed by atoms with van der Waals surface area (Å²) in [4.78, 5) is 0. The fourth-order valence-corrected chi connectivity index (χ4v) is 1.51. The first-order valence-corrected chi connectivity index (χ1v) is 4.28. The van der Waals surface area contributed by atoms with Crippen LogP contribution in [0.5, 0.6) is 0 Å². The van der Waals surface area contributed by atoms with Gasteiger partial charge in [-0.25, -0.2) is 0 Å². The summed E-state index contributed by atoms with van der Waals surface area (Å²) in [7, 11) is 0. The largest absolute Gasteiger partial charge is 0.391 e. The SMILES string of the molecule is CC(C)CC(C)(C)C(O)CN. The van der Waals surface area contributed by atoms with E-state index in [1.54, 1.807) is 0 Å². The fraction of sp³-hybridized carbons (Fsp3) is 1.00. The topological polar surface area (TPSA) is 46.2 Å². The lowest BCUT2D eigenvalue weighted by Gasteiger charge is -2.31. The zero-order valence-electron chi connectivity index (χ0n) is 8.09. The van der Waals surface area contributed by atoms with Crippen molar-refractivity contribution < 1.29 is 5.11 Å². The van der Waals surface area contributed by atoms with E-state index >= 15 is 0 Å². The van der Waals surface area contributed by atoms with Gasteiger partial charge in [0, 0.05) is 6.54 Å². The molecule has 0 spiro atoms. The van der Waals surface area contributed by atoms with E-state index in [1.807, 2.05) is 0 Å². The van der Waals surface area contributed by atoms with Gasteiger partial charge >= 0.3 is 0 Å². The van der Waals surface area contributed by atoms with Gasteiger partial charge in [-0.3, -0.25) is 0 Å². The van der Waals surface area contributed by atoms with E-state index in [0.717, 1.165) is 6.42 Å². The molecule has 0 heterocycles. The van der Waals surface area contributed by atoms with Crippen LogP contribution >= 0.6 is 0 Å². The smallest absolute Gasteiger partial charge is 0.0713 e. The van der Waals surface area contributed by atoms with Crippen LogP contribution < -0.4 is 5.73 Å². The average molecular weight is 159 g/mol. The third-order valence-electron chi connectivity index (χ3n) is 2.06. The number of aliphatic hydroxyl groups is 1. The van der Waals surface area contributed by atoms with Gasteiger partial charge in [-0.15, -0.1) is 0 Å². The molecule has 0 aromatic carbocycles. The zero-order valence-corrected chi connectivity index (χ0v) is 8.09. The molecule has 0 fully saturated rings. The normalized spacial score (nSPS) is 15.5. The molecule has 0 aromatic heterocycles. The van der Waals surface area contributed by atoms with Gasteiger partial charge in [0.2, 0.25) is 0 Å². The fourth-order valence-electron chi connectivity index (χ4n) is 1.51. The molecule has 0 saturated carbocycles. The molecule has 0 bridgehead atoms. The summed E-state index contributed by atoms with van der Waals surface area (Å²) in [6.45, 7) is 8.80. The Hall–Kier alpha value is -0.0800. The van der Waals surface area contributed by atoms with Crippen molar-refractivity contribution in [2.24, 2.45) is 17.1 Å². The Labute approximate surface area is 69.8 Å². The number of hydrogen-bond donors (Lipinski definition) is 2. The predicted molar refractivity (Wildman–Crippen MR) is 48.3 cm³/mol. The second-order valence-corrected chi connectivity index (χ2v) is 4.34. The van der Waals surface area contributed by atoms with Crippen LogP contribution in [0, 0.1) is 11.3 Å². The minimum Gasteiger partial charge on any atom is -0.391 e. The molecule has 0 radical (unpaired) electrons. The van der Waals surface area contributed by atoms with Crippen LogP contribution in [0.15, 0.2) is 0 Å². The molecular weight excluding hydrogens is 138 g/mol. The molecule has 2 nitrogen and oxygen atoms in total. The molecule has 0 aliphatic rings. The summed E-state index contributed by atoms with van der Waals surface area (Å²) < 4.78 is 0. The Bertz CT molecular complexity index is 110. The lowest BCUT2D eigenvalue weighted by molar-refractivity contribution is 0.0424. The Morgan fingerprint density at radius 1 is 1.36 bits per heavy atom. The van der Waals surface area contributed by atoms with Gasteiger partial charge in [-0.2, -0.15) is 0 Å². The van der Waals surface area contributed by atoms with Crippen LogP contribution in [-0.4, -0.2) is 17.8 Å². The summed E-state index contributed by atoms with van der Waals surface area (Å²) >= 11 is 0. The summed E-state index contributed by atoms with van der Waals surface area (Å²) in [6.07, 6.45) is 0.649. The van der Waals surface area contributed by atoms with Crippen LogP contribution in [0.1, 0.15) is 34.1 Å². The average Bonchev–Trinajstić information content (AvgIpc) is 1.83. The van der Waals surface area contributed by atoms with Crippen molar-refractivity contribution in [1.29, 1.82) is 0 Å². The van der Waals surface area contributed by atoms with Crippen molar-refractivity contribution in [3.63, 3.8) is 0 Å². The standard InChI is InChI=1S/C9H21NO/c1-7(2)5-9(3,4)8(11)6-10/h7-8,11H,5-6,10H2,1-4H3. The molecule has 68 valence electrons. The Morgan fingerprint density at radius 2 is 1.82 bits per heavy atom. The summed E-state index contributed by atoms with van der Waals surface area (Å²) in [5.74, 6) is 0.617. The van der Waals surface area contributed by atoms with Crippen molar-refractivity contribution in [3.8, 4) is 0 Å². The lowest BCUT2D eigenvalue weighted by atomic mass is 9.79. The molecule has 0 saturated heterocycles. The van der Waals surface area contributed by atoms with E-state index in [0.29, 0.717) is 12.5 Å². The molecule has 0 aromatic rings. The highest BCUT2D eigenvalue weighted by molar-refractivity contribution is 4.79. The highest BCUT2D eigenvalue weighted by atomic mass is 16.3. The maximum Gasteiger partial charge on any atom is 0.0713 e. The molecule has 0 rings (SSSR count). The molecular formula is C9H21NO. The monoisotopic (exact) mass is 159 g/mol. The van der Waals surface area contributed by atoms with Crippen LogP contribution in [0.4, 0.5) is 0 Å². The molecule has 0 aliphatic carbocycles. The van der Waals surface area contributed by atoms with Crippen LogP contribution in [-0.2, 0) is 0 Å². The van der Waals surface area contributed by atoms with Gasteiger partial charge in [-0.1, -0.05) is 27.7 Å². The highest BCUT2D eigenvalue weighted by Crippen LogP contribution is 2.28. The van der Waals surface area contributed by atoms with Gasteiger partial charge in [-0.05, 0) is 17.8 Å². The van der Waals surface area contributed by atoms with Gasteiger partial charge in [0.25, 0.3) is 0 Å². The highest BCUT2D eigenvalue weighted by Gasteiger charge is 2.27. The van der Waals surface area contributed by atoms with Crippen molar-refractivity contribution in [2.45, 2.75) is 40.2 Å². The second-order valence-electron chi connectivity index (χ2n) is 4.34. The van der Waals surface area contributed by atoms with Crippen molar-refractivity contribution in [1.82, 2.24) is 0 Å². The summed E-state index contributed by atoms with van der Waals surface area (Å²) in [5, 5.41) is 9.51. The Balaban J connectivity index is 3.98. The van der Waals surface area contributed by atoms with E-state index in [4.69, 9.17) is 5.73 Å². The van der Waals surface area contributed by atoms with E-state index in [9.17, 15) is 5.11 Å². The first-order chi connectivity index (χ1) is 4.90. The number of hydrogen-bond acceptors (Lipinski definition) is 2. The molecule has 3 N–H and O–H groups in total. The first-order valence-electron chi connectivity index (χ1n) is 4.28. The first kappa shape index (κ1) is 10.9. The number of nitrogens with two attached hydrogens (primary N) is 1. The zero-order chi connectivity index (χ0) is 9.07. The number of aliphatic hydroxyl groups excluding tert-OH is 1. The molecule has 1 unspecified atom stereocenters. The van der Waals surface area contributed by atoms with Crippen molar-refractivity contribution in [3.05, 3.63) is 0 Å². The van der Waals surface area contributed by atoms with E-state index in [-0.39, 0.29) is 11.5 Å². The third-order valence-corrected chi connectivity index (χ3v) is 2.06. The molecule has 0 aliphatic heterocycles. The predicted octanol–water partition coefficient (Wildman–Crippen LogP) is 1.38. The minimum absolute atomic E-state index is 0.0388. The van der Waals surface area contributed by atoms with Crippen LogP contribution in [0.3, 0.4) is 0 Å². The number of rotatable bonds is 4.